The van der Waals surface area contributed by atoms with Crippen LogP contribution in [0.15, 0.2) is 30.3 Å². The number of hydrogen-bond donors (Lipinski definition) is 2. The van der Waals surface area contributed by atoms with Crippen molar-refractivity contribution < 1.29 is 4.79 Å². The molecule has 0 saturated carbocycles. The third kappa shape index (κ3) is 4.22. The number of rotatable bonds is 5. The molecule has 0 atom stereocenters. The van der Waals surface area contributed by atoms with Gasteiger partial charge >= 0.3 is 0 Å². The first kappa shape index (κ1) is 15.4. The van der Waals surface area contributed by atoms with Crippen molar-refractivity contribution in [3.8, 4) is 6.07 Å². The van der Waals surface area contributed by atoms with E-state index in [2.05, 4.69) is 16.7 Å². The van der Waals surface area contributed by atoms with Crippen LogP contribution in [0.5, 0.6) is 0 Å². The van der Waals surface area contributed by atoms with Crippen molar-refractivity contribution in [2.75, 3.05) is 10.6 Å². The molecule has 0 radical (unpaired) electrons. The van der Waals surface area contributed by atoms with Crippen molar-refractivity contribution in [1.82, 2.24) is 0 Å². The Bertz CT molecular complexity index is 690. The van der Waals surface area contributed by atoms with Gasteiger partial charge in [0.2, 0.25) is 5.91 Å². The Morgan fingerprint density at radius 1 is 1.38 bits per heavy atom. The minimum Gasteiger partial charge on any atom is -0.379 e. The Balaban J connectivity index is 2.06. The molecule has 1 aromatic carbocycles. The standard InChI is InChI=1S/C15H14ClN3OS/c1-2-15(20)19-10-3-6-13(16)14(7-10)18-9-12-5-4-11(8-17)21-12/h3-7,18H,2,9H2,1H3,(H,19,20). The molecule has 1 heterocycles. The van der Waals surface area contributed by atoms with Crippen LogP contribution in [0.2, 0.25) is 5.02 Å². The van der Waals surface area contributed by atoms with Gasteiger partial charge in [-0.05, 0) is 30.3 Å². The molecule has 0 saturated heterocycles. The van der Waals surface area contributed by atoms with Crippen molar-refractivity contribution >= 4 is 40.2 Å². The van der Waals surface area contributed by atoms with E-state index in [0.29, 0.717) is 28.6 Å². The highest BCUT2D eigenvalue weighted by atomic mass is 35.5. The van der Waals surface area contributed by atoms with Gasteiger partial charge in [-0.15, -0.1) is 11.3 Å². The molecule has 0 spiro atoms. The third-order valence-corrected chi connectivity index (χ3v) is 4.12. The summed E-state index contributed by atoms with van der Waals surface area (Å²) in [6.07, 6.45) is 0.428. The fourth-order valence-corrected chi connectivity index (χ4v) is 2.63. The summed E-state index contributed by atoms with van der Waals surface area (Å²) in [5.74, 6) is -0.0415. The Labute approximate surface area is 132 Å². The fourth-order valence-electron chi connectivity index (χ4n) is 1.70. The number of carbonyl (C=O) groups excluding carboxylic acids is 1. The molecule has 0 aliphatic heterocycles. The summed E-state index contributed by atoms with van der Waals surface area (Å²) in [6, 6.07) is 11.1. The molecule has 0 fully saturated rings. The first-order chi connectivity index (χ1) is 10.1. The van der Waals surface area contributed by atoms with E-state index in [4.69, 9.17) is 16.9 Å². The molecular weight excluding hydrogens is 306 g/mol. The second-order valence-electron chi connectivity index (χ2n) is 4.33. The number of nitriles is 1. The normalized spacial score (nSPS) is 9.95. The fraction of sp³-hybridized carbons (Fsp3) is 0.200. The Morgan fingerprint density at radius 3 is 2.86 bits per heavy atom. The van der Waals surface area contributed by atoms with Gasteiger partial charge in [0.15, 0.2) is 0 Å². The van der Waals surface area contributed by atoms with E-state index in [9.17, 15) is 4.79 Å². The van der Waals surface area contributed by atoms with Crippen molar-refractivity contribution in [2.45, 2.75) is 19.9 Å². The van der Waals surface area contributed by atoms with Gasteiger partial charge < -0.3 is 10.6 Å². The molecule has 0 bridgehead atoms. The average Bonchev–Trinajstić information content (AvgIpc) is 2.95. The summed E-state index contributed by atoms with van der Waals surface area (Å²) in [6.45, 7) is 2.38. The second kappa shape index (κ2) is 7.11. The lowest BCUT2D eigenvalue weighted by atomic mass is 10.2. The van der Waals surface area contributed by atoms with Crippen LogP contribution in [0.4, 0.5) is 11.4 Å². The quantitative estimate of drug-likeness (QED) is 0.866. The zero-order valence-electron chi connectivity index (χ0n) is 11.4. The van der Waals surface area contributed by atoms with E-state index >= 15 is 0 Å². The molecule has 0 aliphatic rings. The van der Waals surface area contributed by atoms with E-state index in [1.807, 2.05) is 6.07 Å². The SMILES string of the molecule is CCC(=O)Nc1ccc(Cl)c(NCc2ccc(C#N)s2)c1. The number of benzene rings is 1. The predicted molar refractivity (Wildman–Crippen MR) is 86.7 cm³/mol. The summed E-state index contributed by atoms with van der Waals surface area (Å²) in [4.78, 5) is 13.1. The van der Waals surface area contributed by atoms with Crippen molar-refractivity contribution in [3.05, 3.63) is 45.1 Å². The largest absolute Gasteiger partial charge is 0.379 e. The second-order valence-corrected chi connectivity index (χ2v) is 5.90. The number of carbonyl (C=O) groups is 1. The number of hydrogen-bond acceptors (Lipinski definition) is 4. The molecule has 0 unspecified atom stereocenters. The smallest absolute Gasteiger partial charge is 0.224 e. The summed E-state index contributed by atoms with van der Waals surface area (Å²) in [5, 5.41) is 15.4. The van der Waals surface area contributed by atoms with Crippen LogP contribution in [0, 0.1) is 11.3 Å². The van der Waals surface area contributed by atoms with E-state index in [1.165, 1.54) is 11.3 Å². The molecule has 2 aromatic rings. The number of amides is 1. The topological polar surface area (TPSA) is 64.9 Å². The van der Waals surface area contributed by atoms with Crippen LogP contribution < -0.4 is 10.6 Å². The molecular formula is C15H14ClN3OS. The highest BCUT2D eigenvalue weighted by Gasteiger charge is 2.05. The van der Waals surface area contributed by atoms with E-state index in [-0.39, 0.29) is 5.91 Å². The van der Waals surface area contributed by atoms with Crippen molar-refractivity contribution in [3.63, 3.8) is 0 Å². The molecule has 108 valence electrons. The summed E-state index contributed by atoms with van der Waals surface area (Å²) in [7, 11) is 0. The van der Waals surface area contributed by atoms with Crippen LogP contribution in [0.25, 0.3) is 0 Å². The number of nitrogens with zero attached hydrogens (tertiary/aromatic N) is 1. The molecule has 4 nitrogen and oxygen atoms in total. The van der Waals surface area contributed by atoms with Gasteiger partial charge in [0.25, 0.3) is 0 Å². The van der Waals surface area contributed by atoms with Crippen LogP contribution in [-0.2, 0) is 11.3 Å². The number of halogens is 1. The minimum atomic E-state index is -0.0415. The first-order valence-electron chi connectivity index (χ1n) is 6.44. The summed E-state index contributed by atoms with van der Waals surface area (Å²) in [5.41, 5.74) is 1.45. The molecule has 1 aromatic heterocycles. The average molecular weight is 320 g/mol. The lowest BCUT2D eigenvalue weighted by molar-refractivity contribution is -0.115. The predicted octanol–water partition coefficient (Wildman–Crippen LogP) is 4.23. The van der Waals surface area contributed by atoms with Gasteiger partial charge in [0.1, 0.15) is 10.9 Å². The Kier molecular flexibility index (Phi) is 5.20. The van der Waals surface area contributed by atoms with Crippen molar-refractivity contribution in [1.29, 1.82) is 5.26 Å². The highest BCUT2D eigenvalue weighted by molar-refractivity contribution is 7.12. The number of anilines is 2. The zero-order valence-corrected chi connectivity index (χ0v) is 13.0. The van der Waals surface area contributed by atoms with Crippen LogP contribution in [0.1, 0.15) is 23.1 Å². The molecule has 1 amide bonds. The van der Waals surface area contributed by atoms with Crippen molar-refractivity contribution in [2.24, 2.45) is 0 Å². The highest BCUT2D eigenvalue weighted by Crippen LogP contribution is 2.27. The number of thiophene rings is 1. The van der Waals surface area contributed by atoms with Gasteiger partial charge in [-0.25, -0.2) is 0 Å². The Hall–Kier alpha value is -2.03. The van der Waals surface area contributed by atoms with Gasteiger partial charge in [-0.2, -0.15) is 5.26 Å². The summed E-state index contributed by atoms with van der Waals surface area (Å²) >= 11 is 7.58. The minimum absolute atomic E-state index is 0.0415. The zero-order chi connectivity index (χ0) is 15.2. The monoisotopic (exact) mass is 319 g/mol. The molecule has 2 N–H and O–H groups in total. The van der Waals surface area contributed by atoms with Gasteiger partial charge in [0.05, 0.1) is 10.7 Å². The molecule has 6 heteroatoms. The van der Waals surface area contributed by atoms with E-state index in [0.717, 1.165) is 10.6 Å². The van der Waals surface area contributed by atoms with E-state index < -0.39 is 0 Å². The van der Waals surface area contributed by atoms with Crippen LogP contribution >= 0.6 is 22.9 Å². The summed E-state index contributed by atoms with van der Waals surface area (Å²) < 4.78 is 0. The number of nitrogens with one attached hydrogen (secondary N) is 2. The molecule has 2 rings (SSSR count). The maximum Gasteiger partial charge on any atom is 0.224 e. The molecule has 0 aliphatic carbocycles. The lowest BCUT2D eigenvalue weighted by Gasteiger charge is -2.10. The third-order valence-electron chi connectivity index (χ3n) is 2.80. The Morgan fingerprint density at radius 2 is 2.19 bits per heavy atom. The van der Waals surface area contributed by atoms with Crippen LogP contribution in [0.3, 0.4) is 0 Å². The molecule has 21 heavy (non-hydrogen) atoms. The van der Waals surface area contributed by atoms with Gasteiger partial charge in [-0.3, -0.25) is 4.79 Å². The maximum atomic E-state index is 11.4. The van der Waals surface area contributed by atoms with Gasteiger partial charge in [0, 0.05) is 23.5 Å². The van der Waals surface area contributed by atoms with E-state index in [1.54, 1.807) is 31.2 Å². The maximum absolute atomic E-state index is 11.4. The first-order valence-corrected chi connectivity index (χ1v) is 7.64. The van der Waals surface area contributed by atoms with Gasteiger partial charge in [-0.1, -0.05) is 18.5 Å². The van der Waals surface area contributed by atoms with Crippen LogP contribution in [-0.4, -0.2) is 5.91 Å². The lowest BCUT2D eigenvalue weighted by Crippen LogP contribution is -2.09.